The summed E-state index contributed by atoms with van der Waals surface area (Å²) >= 11 is 0. The van der Waals surface area contributed by atoms with Crippen LogP contribution >= 0.6 is 0 Å². The van der Waals surface area contributed by atoms with Gasteiger partial charge in [0.1, 0.15) is 11.6 Å². The fourth-order valence-electron chi connectivity index (χ4n) is 3.66. The fraction of sp³-hybridized carbons (Fsp3) is 0.273. The highest BCUT2D eigenvalue weighted by atomic mass is 16.2. The van der Waals surface area contributed by atoms with Crippen LogP contribution in [0.1, 0.15) is 46.1 Å². The minimum Gasteiger partial charge on any atom is -0.332 e. The van der Waals surface area contributed by atoms with Crippen molar-refractivity contribution >= 4 is 17.5 Å². The molecule has 3 aromatic heterocycles. The van der Waals surface area contributed by atoms with Gasteiger partial charge in [-0.25, -0.2) is 9.97 Å². The SMILES string of the molecule is Cc1cncc(C(=O)N2CCC[C@@H]2c2ccnc(Nc3cccc(C)n3)c2)c1. The highest BCUT2D eigenvalue weighted by molar-refractivity contribution is 5.94. The number of rotatable bonds is 4. The molecule has 6 nitrogen and oxygen atoms in total. The Morgan fingerprint density at radius 3 is 2.86 bits per heavy atom. The summed E-state index contributed by atoms with van der Waals surface area (Å²) in [4.78, 5) is 28.0. The van der Waals surface area contributed by atoms with Crippen molar-refractivity contribution in [2.45, 2.75) is 32.7 Å². The lowest BCUT2D eigenvalue weighted by atomic mass is 10.0. The highest BCUT2D eigenvalue weighted by Crippen LogP contribution is 2.34. The number of nitrogens with zero attached hydrogens (tertiary/aromatic N) is 4. The van der Waals surface area contributed by atoms with Crippen LogP contribution in [-0.2, 0) is 0 Å². The van der Waals surface area contributed by atoms with Crippen molar-refractivity contribution in [3.63, 3.8) is 0 Å². The Morgan fingerprint density at radius 1 is 1.14 bits per heavy atom. The van der Waals surface area contributed by atoms with Crippen LogP contribution in [-0.4, -0.2) is 32.3 Å². The number of likely N-dealkylation sites (tertiary alicyclic amines) is 1. The molecule has 0 bridgehead atoms. The number of pyridine rings is 3. The molecular weight excluding hydrogens is 350 g/mol. The standard InChI is InChI=1S/C22H23N5O/c1-15-11-18(14-23-13-15)22(28)27-10-4-6-19(27)17-8-9-24-21(12-17)26-20-7-3-5-16(2)25-20/h3,5,7-9,11-14,19H,4,6,10H2,1-2H3,(H,24,25,26)/t19-/m1/s1. The topological polar surface area (TPSA) is 71.0 Å². The number of nitrogens with one attached hydrogen (secondary N) is 1. The largest absolute Gasteiger partial charge is 0.332 e. The summed E-state index contributed by atoms with van der Waals surface area (Å²) in [5, 5.41) is 3.26. The third kappa shape index (κ3) is 3.86. The number of carbonyl (C=O) groups excluding carboxylic acids is 1. The number of anilines is 2. The first-order valence-corrected chi connectivity index (χ1v) is 9.49. The number of hydrogen-bond acceptors (Lipinski definition) is 5. The molecule has 4 rings (SSSR count). The molecule has 0 spiro atoms. The summed E-state index contributed by atoms with van der Waals surface area (Å²) in [5.74, 6) is 1.52. The molecule has 0 saturated carbocycles. The van der Waals surface area contributed by atoms with E-state index in [0.717, 1.165) is 47.8 Å². The van der Waals surface area contributed by atoms with E-state index < -0.39 is 0 Å². The van der Waals surface area contributed by atoms with Gasteiger partial charge in [0.2, 0.25) is 0 Å². The molecular formula is C22H23N5O. The molecule has 0 aromatic carbocycles. The van der Waals surface area contributed by atoms with Gasteiger partial charge in [-0.1, -0.05) is 6.07 Å². The van der Waals surface area contributed by atoms with Gasteiger partial charge in [0.25, 0.3) is 5.91 Å². The van der Waals surface area contributed by atoms with E-state index in [1.54, 1.807) is 18.6 Å². The highest BCUT2D eigenvalue weighted by Gasteiger charge is 2.31. The number of hydrogen-bond donors (Lipinski definition) is 1. The van der Waals surface area contributed by atoms with Crippen molar-refractivity contribution in [2.24, 2.45) is 0 Å². The lowest BCUT2D eigenvalue weighted by Gasteiger charge is -2.25. The first kappa shape index (κ1) is 18.1. The van der Waals surface area contributed by atoms with Gasteiger partial charge < -0.3 is 10.2 Å². The number of carbonyl (C=O) groups is 1. The number of aryl methyl sites for hydroxylation is 2. The summed E-state index contributed by atoms with van der Waals surface area (Å²) < 4.78 is 0. The predicted octanol–water partition coefficient (Wildman–Crippen LogP) is 4.21. The van der Waals surface area contributed by atoms with Crippen molar-refractivity contribution in [2.75, 3.05) is 11.9 Å². The van der Waals surface area contributed by atoms with E-state index in [4.69, 9.17) is 0 Å². The molecule has 28 heavy (non-hydrogen) atoms. The Morgan fingerprint density at radius 2 is 2.04 bits per heavy atom. The van der Waals surface area contributed by atoms with Gasteiger partial charge in [-0.3, -0.25) is 9.78 Å². The molecule has 0 unspecified atom stereocenters. The molecule has 1 N–H and O–H groups in total. The maximum Gasteiger partial charge on any atom is 0.255 e. The predicted molar refractivity (Wildman–Crippen MR) is 108 cm³/mol. The molecule has 0 radical (unpaired) electrons. The Balaban J connectivity index is 1.57. The van der Waals surface area contributed by atoms with E-state index in [1.165, 1.54) is 0 Å². The van der Waals surface area contributed by atoms with Gasteiger partial charge in [-0.15, -0.1) is 0 Å². The number of amides is 1. The van der Waals surface area contributed by atoms with Crippen LogP contribution in [0.3, 0.4) is 0 Å². The Hall–Kier alpha value is -3.28. The average Bonchev–Trinajstić information content (AvgIpc) is 3.17. The molecule has 3 aromatic rings. The average molecular weight is 373 g/mol. The van der Waals surface area contributed by atoms with Crippen molar-refractivity contribution in [1.29, 1.82) is 0 Å². The Kier molecular flexibility index (Phi) is 5.02. The molecule has 142 valence electrons. The van der Waals surface area contributed by atoms with Crippen LogP contribution in [0.25, 0.3) is 0 Å². The molecule has 1 saturated heterocycles. The van der Waals surface area contributed by atoms with E-state index >= 15 is 0 Å². The molecule has 6 heteroatoms. The van der Waals surface area contributed by atoms with Gasteiger partial charge in [0, 0.05) is 30.8 Å². The van der Waals surface area contributed by atoms with Gasteiger partial charge in [0.05, 0.1) is 11.6 Å². The minimum absolute atomic E-state index is 0.0328. The lowest BCUT2D eigenvalue weighted by Crippen LogP contribution is -2.30. The zero-order chi connectivity index (χ0) is 19.5. The molecule has 1 aliphatic heterocycles. The maximum atomic E-state index is 13.0. The van der Waals surface area contributed by atoms with Crippen molar-refractivity contribution in [3.05, 3.63) is 77.4 Å². The second-order valence-electron chi connectivity index (χ2n) is 7.17. The van der Waals surface area contributed by atoms with Crippen LogP contribution in [0.15, 0.2) is 55.0 Å². The monoisotopic (exact) mass is 373 g/mol. The van der Waals surface area contributed by atoms with E-state index in [2.05, 4.69) is 20.3 Å². The minimum atomic E-state index is 0.0328. The van der Waals surface area contributed by atoms with Gasteiger partial charge in [-0.2, -0.15) is 0 Å². The van der Waals surface area contributed by atoms with E-state index in [-0.39, 0.29) is 11.9 Å². The Labute approximate surface area is 164 Å². The van der Waals surface area contributed by atoms with Crippen molar-refractivity contribution in [3.8, 4) is 0 Å². The summed E-state index contributed by atoms with van der Waals surface area (Å²) in [5.41, 5.74) is 3.66. The van der Waals surface area contributed by atoms with E-state index in [0.29, 0.717) is 5.56 Å². The van der Waals surface area contributed by atoms with Crippen molar-refractivity contribution in [1.82, 2.24) is 19.9 Å². The van der Waals surface area contributed by atoms with Crippen molar-refractivity contribution < 1.29 is 4.79 Å². The quantitative estimate of drug-likeness (QED) is 0.742. The first-order valence-electron chi connectivity index (χ1n) is 9.49. The summed E-state index contributed by atoms with van der Waals surface area (Å²) in [6.07, 6.45) is 7.12. The third-order valence-corrected chi connectivity index (χ3v) is 4.95. The summed E-state index contributed by atoms with van der Waals surface area (Å²) in [7, 11) is 0. The molecule has 4 heterocycles. The second-order valence-corrected chi connectivity index (χ2v) is 7.17. The molecule has 1 fully saturated rings. The maximum absolute atomic E-state index is 13.0. The fourth-order valence-corrected chi connectivity index (χ4v) is 3.66. The van der Waals surface area contributed by atoms with E-state index in [1.807, 2.05) is 55.1 Å². The zero-order valence-corrected chi connectivity index (χ0v) is 16.1. The molecule has 1 amide bonds. The van der Waals surface area contributed by atoms with E-state index in [9.17, 15) is 4.79 Å². The van der Waals surface area contributed by atoms with Crippen LogP contribution in [0.4, 0.5) is 11.6 Å². The number of aromatic nitrogens is 3. The van der Waals surface area contributed by atoms with Crippen LogP contribution in [0.5, 0.6) is 0 Å². The summed E-state index contributed by atoms with van der Waals surface area (Å²) in [6.45, 7) is 4.66. The summed E-state index contributed by atoms with van der Waals surface area (Å²) in [6, 6.07) is 11.8. The second kappa shape index (κ2) is 7.76. The van der Waals surface area contributed by atoms with Crippen LogP contribution in [0.2, 0.25) is 0 Å². The van der Waals surface area contributed by atoms with Gasteiger partial charge >= 0.3 is 0 Å². The smallest absolute Gasteiger partial charge is 0.255 e. The molecule has 0 aliphatic carbocycles. The Bertz CT molecular complexity index is 1000. The molecule has 1 aliphatic rings. The first-order chi connectivity index (χ1) is 13.6. The van der Waals surface area contributed by atoms with Crippen LogP contribution in [0, 0.1) is 13.8 Å². The normalized spacial score (nSPS) is 16.2. The third-order valence-electron chi connectivity index (χ3n) is 4.95. The van der Waals surface area contributed by atoms with Gasteiger partial charge in [0.15, 0.2) is 0 Å². The zero-order valence-electron chi connectivity index (χ0n) is 16.1. The lowest BCUT2D eigenvalue weighted by molar-refractivity contribution is 0.0735. The molecule has 1 atom stereocenters. The van der Waals surface area contributed by atoms with Crippen LogP contribution < -0.4 is 5.32 Å². The van der Waals surface area contributed by atoms with Gasteiger partial charge in [-0.05, 0) is 68.1 Å².